The van der Waals surface area contributed by atoms with E-state index in [4.69, 9.17) is 16.7 Å². The van der Waals surface area contributed by atoms with E-state index < -0.39 is 6.04 Å². The van der Waals surface area contributed by atoms with Gasteiger partial charge < -0.3 is 14.7 Å². The quantitative estimate of drug-likeness (QED) is 0.351. The first kappa shape index (κ1) is 21.5. The third-order valence-corrected chi connectivity index (χ3v) is 6.97. The van der Waals surface area contributed by atoms with Crippen molar-refractivity contribution in [1.29, 1.82) is 0 Å². The Morgan fingerprint density at radius 3 is 2.73 bits per heavy atom. The number of rotatable bonds is 5. The van der Waals surface area contributed by atoms with Gasteiger partial charge in [-0.1, -0.05) is 47.6 Å². The molecule has 2 aromatic heterocycles. The van der Waals surface area contributed by atoms with Gasteiger partial charge in [-0.2, -0.15) is 4.98 Å². The van der Waals surface area contributed by atoms with Crippen molar-refractivity contribution in [2.45, 2.75) is 26.4 Å². The van der Waals surface area contributed by atoms with E-state index in [1.807, 2.05) is 47.5 Å². The summed E-state index contributed by atoms with van der Waals surface area (Å²) in [7, 11) is 0. The van der Waals surface area contributed by atoms with Crippen molar-refractivity contribution in [2.75, 3.05) is 0 Å². The fourth-order valence-electron chi connectivity index (χ4n) is 3.98. The summed E-state index contributed by atoms with van der Waals surface area (Å²) in [6.45, 7) is 4.66. The van der Waals surface area contributed by atoms with Gasteiger partial charge in [-0.3, -0.25) is 0 Å². The number of halogens is 1. The van der Waals surface area contributed by atoms with Crippen LogP contribution in [0.5, 0.6) is 0 Å². The van der Waals surface area contributed by atoms with Gasteiger partial charge in [0, 0.05) is 5.70 Å². The summed E-state index contributed by atoms with van der Waals surface area (Å²) < 4.78 is 19.8. The summed E-state index contributed by atoms with van der Waals surface area (Å²) in [5.74, 6) is 0.594. The SMILES string of the molecule is CC1=C(c2nc(-c3cccs3)no2)C(c2cccc(F)c2)NC(=S)N1Cc1ccccc1C. The highest BCUT2D eigenvalue weighted by Crippen LogP contribution is 2.38. The molecule has 0 bridgehead atoms. The zero-order valence-corrected chi connectivity index (χ0v) is 19.7. The van der Waals surface area contributed by atoms with Crippen molar-refractivity contribution in [3.63, 3.8) is 0 Å². The highest BCUT2D eigenvalue weighted by Gasteiger charge is 2.34. The van der Waals surface area contributed by atoms with Crippen LogP contribution in [0.25, 0.3) is 16.3 Å². The van der Waals surface area contributed by atoms with Crippen LogP contribution in [0.2, 0.25) is 0 Å². The Balaban J connectivity index is 1.62. The van der Waals surface area contributed by atoms with Crippen LogP contribution in [0.3, 0.4) is 0 Å². The normalized spacial score (nSPS) is 16.3. The van der Waals surface area contributed by atoms with Gasteiger partial charge in [0.2, 0.25) is 5.82 Å². The molecule has 0 amide bonds. The monoisotopic (exact) mass is 476 g/mol. The fraction of sp³-hybridized carbons (Fsp3) is 0.160. The lowest BCUT2D eigenvalue weighted by Gasteiger charge is -2.37. The second-order valence-electron chi connectivity index (χ2n) is 7.85. The molecular weight excluding hydrogens is 455 g/mol. The average Bonchev–Trinajstić information content (AvgIpc) is 3.49. The van der Waals surface area contributed by atoms with Gasteiger partial charge in [0.05, 0.1) is 23.0 Å². The summed E-state index contributed by atoms with van der Waals surface area (Å²) >= 11 is 7.29. The molecule has 1 aliphatic heterocycles. The molecule has 5 rings (SSSR count). The van der Waals surface area contributed by atoms with Crippen molar-refractivity contribution in [1.82, 2.24) is 20.4 Å². The molecule has 166 valence electrons. The maximum absolute atomic E-state index is 14.1. The maximum atomic E-state index is 14.1. The molecule has 0 spiro atoms. The summed E-state index contributed by atoms with van der Waals surface area (Å²) in [6.07, 6.45) is 0. The number of thiophene rings is 1. The van der Waals surface area contributed by atoms with Gasteiger partial charge in [-0.15, -0.1) is 11.3 Å². The Kier molecular flexibility index (Phi) is 5.78. The van der Waals surface area contributed by atoms with Crippen LogP contribution in [-0.4, -0.2) is 20.2 Å². The van der Waals surface area contributed by atoms with E-state index in [0.29, 0.717) is 23.4 Å². The lowest BCUT2D eigenvalue weighted by Crippen LogP contribution is -2.45. The number of hydrogen-bond donors (Lipinski definition) is 1. The van der Waals surface area contributed by atoms with Gasteiger partial charge in [-0.05, 0) is 66.3 Å². The topological polar surface area (TPSA) is 54.2 Å². The molecule has 3 heterocycles. The number of aromatic nitrogens is 2. The van der Waals surface area contributed by atoms with Gasteiger partial charge in [-0.25, -0.2) is 4.39 Å². The molecule has 8 heteroatoms. The molecule has 1 atom stereocenters. The van der Waals surface area contributed by atoms with Gasteiger partial charge in [0.1, 0.15) is 5.82 Å². The van der Waals surface area contributed by atoms with E-state index in [-0.39, 0.29) is 5.82 Å². The number of allylic oxidation sites excluding steroid dienone is 1. The second kappa shape index (κ2) is 8.88. The minimum atomic E-state index is -0.419. The standard InChI is InChI=1S/C25H21FN4OS2/c1-15-7-3-4-8-18(15)14-30-16(2)21(24-28-23(29-31-24)20-11-6-12-33-20)22(27-25(30)32)17-9-5-10-19(26)13-17/h3-13,22H,14H2,1-2H3,(H,27,32). The molecule has 0 aliphatic carbocycles. The van der Waals surface area contributed by atoms with Crippen LogP contribution >= 0.6 is 23.6 Å². The zero-order valence-electron chi connectivity index (χ0n) is 18.1. The molecule has 4 aromatic rings. The first-order valence-electron chi connectivity index (χ1n) is 10.5. The lowest BCUT2D eigenvalue weighted by molar-refractivity contribution is 0.396. The smallest absolute Gasteiger partial charge is 0.258 e. The van der Waals surface area contributed by atoms with Crippen LogP contribution < -0.4 is 5.32 Å². The van der Waals surface area contributed by atoms with Crippen LogP contribution in [-0.2, 0) is 6.54 Å². The van der Waals surface area contributed by atoms with Crippen molar-refractivity contribution in [3.05, 3.63) is 100 Å². The second-order valence-corrected chi connectivity index (χ2v) is 9.18. The van der Waals surface area contributed by atoms with E-state index >= 15 is 0 Å². The summed E-state index contributed by atoms with van der Waals surface area (Å²) in [5, 5.41) is 10.1. The number of benzene rings is 2. The maximum Gasteiger partial charge on any atom is 0.258 e. The minimum absolute atomic E-state index is 0.315. The molecular formula is C25H21FN4OS2. The summed E-state index contributed by atoms with van der Waals surface area (Å²) in [4.78, 5) is 7.62. The van der Waals surface area contributed by atoms with Gasteiger partial charge >= 0.3 is 0 Å². The van der Waals surface area contributed by atoms with E-state index in [9.17, 15) is 4.39 Å². The molecule has 33 heavy (non-hydrogen) atoms. The van der Waals surface area contributed by atoms with Crippen LogP contribution in [0, 0.1) is 12.7 Å². The first-order chi connectivity index (χ1) is 16.0. The Morgan fingerprint density at radius 2 is 1.97 bits per heavy atom. The Bertz CT molecular complexity index is 1350. The van der Waals surface area contributed by atoms with E-state index in [0.717, 1.165) is 27.3 Å². The van der Waals surface area contributed by atoms with Crippen molar-refractivity contribution in [2.24, 2.45) is 0 Å². The number of hydrogen-bond acceptors (Lipinski definition) is 5. The predicted octanol–water partition coefficient (Wildman–Crippen LogP) is 6.11. The molecule has 1 aliphatic rings. The Hall–Kier alpha value is -3.36. The number of thiocarbonyl (C=S) groups is 1. The highest BCUT2D eigenvalue weighted by atomic mass is 32.1. The molecule has 0 radical (unpaired) electrons. The van der Waals surface area contributed by atoms with E-state index in [1.54, 1.807) is 17.4 Å². The first-order valence-corrected chi connectivity index (χ1v) is 11.8. The number of nitrogens with one attached hydrogen (secondary N) is 1. The lowest BCUT2D eigenvalue weighted by atomic mass is 9.94. The third kappa shape index (κ3) is 4.19. The van der Waals surface area contributed by atoms with E-state index in [1.165, 1.54) is 17.7 Å². The average molecular weight is 477 g/mol. The van der Waals surface area contributed by atoms with E-state index in [2.05, 4.69) is 34.5 Å². The van der Waals surface area contributed by atoms with Crippen molar-refractivity contribution in [3.8, 4) is 10.7 Å². The molecule has 1 N–H and O–H groups in total. The van der Waals surface area contributed by atoms with Crippen LogP contribution in [0.15, 0.2) is 76.3 Å². The molecule has 1 unspecified atom stereocenters. The molecule has 0 saturated carbocycles. The molecule has 0 saturated heterocycles. The Labute approximate surface area is 200 Å². The van der Waals surface area contributed by atoms with Gasteiger partial charge in [0.15, 0.2) is 5.11 Å². The number of nitrogens with zero attached hydrogens (tertiary/aromatic N) is 3. The third-order valence-electron chi connectivity index (χ3n) is 5.77. The molecule has 2 aromatic carbocycles. The highest BCUT2D eigenvalue weighted by molar-refractivity contribution is 7.80. The van der Waals surface area contributed by atoms with Gasteiger partial charge in [0.25, 0.3) is 5.89 Å². The minimum Gasteiger partial charge on any atom is -0.351 e. The Morgan fingerprint density at radius 1 is 1.12 bits per heavy atom. The van der Waals surface area contributed by atoms with Crippen LogP contribution in [0.1, 0.15) is 35.5 Å². The van der Waals surface area contributed by atoms with Crippen molar-refractivity contribution < 1.29 is 8.91 Å². The summed E-state index contributed by atoms with van der Waals surface area (Å²) in [6, 6.07) is 18.2. The predicted molar refractivity (Wildman–Crippen MR) is 132 cm³/mol. The zero-order chi connectivity index (χ0) is 22.9. The summed E-state index contributed by atoms with van der Waals surface area (Å²) in [5.41, 5.74) is 4.74. The fourth-order valence-corrected chi connectivity index (χ4v) is 4.95. The molecule has 5 nitrogen and oxygen atoms in total. The van der Waals surface area contributed by atoms with Crippen LogP contribution in [0.4, 0.5) is 4.39 Å². The molecule has 0 fully saturated rings. The largest absolute Gasteiger partial charge is 0.351 e. The van der Waals surface area contributed by atoms with Crippen molar-refractivity contribution >= 4 is 34.2 Å². The number of aryl methyl sites for hydroxylation is 1.